The molecule has 0 spiro atoms. The lowest BCUT2D eigenvalue weighted by atomic mass is 9.83. The van der Waals surface area contributed by atoms with Crippen molar-refractivity contribution in [2.24, 2.45) is 5.92 Å². The Balaban J connectivity index is 1.73. The van der Waals surface area contributed by atoms with Crippen LogP contribution in [0.15, 0.2) is 30.5 Å². The van der Waals surface area contributed by atoms with Crippen molar-refractivity contribution in [1.29, 1.82) is 0 Å². The molecule has 0 radical (unpaired) electrons. The third-order valence-corrected chi connectivity index (χ3v) is 5.55. The van der Waals surface area contributed by atoms with Crippen molar-refractivity contribution in [3.05, 3.63) is 42.0 Å². The average Bonchev–Trinajstić information content (AvgIpc) is 2.61. The number of hydrogen-bond acceptors (Lipinski definition) is 4. The van der Waals surface area contributed by atoms with Gasteiger partial charge >= 0.3 is 0 Å². The minimum atomic E-state index is -0.286. The highest BCUT2D eigenvalue weighted by Gasteiger charge is 2.36. The molecular formula is C20H23FN4O. The molecule has 2 aromatic rings. The normalized spacial score (nSPS) is 20.7. The van der Waals surface area contributed by atoms with Gasteiger partial charge in [0.05, 0.1) is 11.7 Å². The summed E-state index contributed by atoms with van der Waals surface area (Å²) in [5.41, 5.74) is 8.30. The number of nitrogen functional groups attached to an aromatic ring is 1. The number of hydrogen-bond donors (Lipinski definition) is 1. The van der Waals surface area contributed by atoms with Crippen LogP contribution in [0.3, 0.4) is 0 Å². The Kier molecular flexibility index (Phi) is 4.57. The van der Waals surface area contributed by atoms with E-state index in [4.69, 9.17) is 5.73 Å². The summed E-state index contributed by atoms with van der Waals surface area (Å²) in [4.78, 5) is 23.6. The predicted octanol–water partition coefficient (Wildman–Crippen LogP) is 3.72. The van der Waals surface area contributed by atoms with Crippen molar-refractivity contribution in [3.8, 4) is 11.1 Å². The van der Waals surface area contributed by atoms with Gasteiger partial charge in [0, 0.05) is 24.2 Å². The molecule has 1 atom stereocenters. The largest absolute Gasteiger partial charge is 0.368 e. The molecule has 4 rings (SSSR count). The number of nitrogens with zero attached hydrogens (tertiary/aromatic N) is 3. The molecule has 1 aliphatic carbocycles. The maximum Gasteiger partial charge on any atom is 0.226 e. The third-order valence-electron chi connectivity index (χ3n) is 5.55. The monoisotopic (exact) mass is 354 g/mol. The van der Waals surface area contributed by atoms with E-state index < -0.39 is 0 Å². The van der Waals surface area contributed by atoms with Gasteiger partial charge in [-0.2, -0.15) is 0 Å². The fourth-order valence-electron chi connectivity index (χ4n) is 3.88. The first-order valence-electron chi connectivity index (χ1n) is 9.32. The van der Waals surface area contributed by atoms with Gasteiger partial charge in [0.25, 0.3) is 0 Å². The van der Waals surface area contributed by atoms with E-state index in [9.17, 15) is 9.18 Å². The zero-order valence-corrected chi connectivity index (χ0v) is 14.7. The first-order chi connectivity index (χ1) is 12.6. The Morgan fingerprint density at radius 1 is 1.12 bits per heavy atom. The lowest BCUT2D eigenvalue weighted by Gasteiger charge is -2.40. The summed E-state index contributed by atoms with van der Waals surface area (Å²) in [6, 6.07) is 6.19. The molecule has 26 heavy (non-hydrogen) atoms. The number of nitrogens with two attached hydrogens (primary N) is 1. The number of carbonyl (C=O) groups excluding carboxylic acids is 1. The number of amides is 1. The summed E-state index contributed by atoms with van der Waals surface area (Å²) in [6.45, 7) is 0.757. The number of carbonyl (C=O) groups is 1. The topological polar surface area (TPSA) is 72.1 Å². The highest BCUT2D eigenvalue weighted by molar-refractivity contribution is 5.80. The second-order valence-electron chi connectivity index (χ2n) is 7.21. The molecule has 1 aromatic heterocycles. The molecule has 1 aliphatic heterocycles. The van der Waals surface area contributed by atoms with E-state index >= 15 is 0 Å². The summed E-state index contributed by atoms with van der Waals surface area (Å²) in [5, 5.41) is 0. The minimum absolute atomic E-state index is 0.0952. The molecule has 2 fully saturated rings. The van der Waals surface area contributed by atoms with Crippen LogP contribution in [0.1, 0.15) is 50.3 Å². The minimum Gasteiger partial charge on any atom is -0.368 e. The van der Waals surface area contributed by atoms with E-state index in [-0.39, 0.29) is 29.6 Å². The van der Waals surface area contributed by atoms with Crippen molar-refractivity contribution >= 4 is 11.9 Å². The Bertz CT molecular complexity index is 804. The maximum atomic E-state index is 13.3. The van der Waals surface area contributed by atoms with Crippen molar-refractivity contribution in [3.63, 3.8) is 0 Å². The molecule has 1 saturated carbocycles. The van der Waals surface area contributed by atoms with Crippen LogP contribution in [0.4, 0.5) is 10.3 Å². The molecule has 0 unspecified atom stereocenters. The number of rotatable bonds is 3. The second kappa shape index (κ2) is 7.02. The number of aromatic nitrogens is 2. The van der Waals surface area contributed by atoms with E-state index in [1.54, 1.807) is 18.3 Å². The van der Waals surface area contributed by atoms with Gasteiger partial charge in [-0.15, -0.1) is 0 Å². The molecule has 1 saturated heterocycles. The van der Waals surface area contributed by atoms with Crippen LogP contribution < -0.4 is 5.73 Å². The molecular weight excluding hydrogens is 331 g/mol. The Morgan fingerprint density at radius 2 is 1.88 bits per heavy atom. The van der Waals surface area contributed by atoms with Crippen LogP contribution in [0.5, 0.6) is 0 Å². The van der Waals surface area contributed by atoms with Crippen LogP contribution in [-0.2, 0) is 4.79 Å². The fourth-order valence-corrected chi connectivity index (χ4v) is 3.88. The Morgan fingerprint density at radius 3 is 2.58 bits per heavy atom. The molecule has 136 valence electrons. The van der Waals surface area contributed by atoms with E-state index in [1.807, 2.05) is 4.90 Å². The van der Waals surface area contributed by atoms with Gasteiger partial charge in [-0.3, -0.25) is 4.79 Å². The van der Waals surface area contributed by atoms with Gasteiger partial charge in [-0.25, -0.2) is 14.4 Å². The van der Waals surface area contributed by atoms with Gasteiger partial charge in [-0.1, -0.05) is 18.6 Å². The number of piperidine rings is 1. The van der Waals surface area contributed by atoms with Crippen LogP contribution >= 0.6 is 0 Å². The highest BCUT2D eigenvalue weighted by atomic mass is 19.1. The van der Waals surface area contributed by atoms with E-state index in [1.165, 1.54) is 12.1 Å². The summed E-state index contributed by atoms with van der Waals surface area (Å²) in [5.74, 6) is 0.311. The predicted molar refractivity (Wildman–Crippen MR) is 97.5 cm³/mol. The van der Waals surface area contributed by atoms with E-state index in [2.05, 4.69) is 9.97 Å². The van der Waals surface area contributed by atoms with Gasteiger partial charge in [0.1, 0.15) is 5.82 Å². The second-order valence-corrected chi connectivity index (χ2v) is 7.21. The molecule has 5 nitrogen and oxygen atoms in total. The van der Waals surface area contributed by atoms with E-state index in [0.717, 1.165) is 61.9 Å². The van der Waals surface area contributed by atoms with Crippen LogP contribution in [0.25, 0.3) is 11.1 Å². The van der Waals surface area contributed by atoms with Gasteiger partial charge in [-0.05, 0) is 49.8 Å². The van der Waals surface area contributed by atoms with Gasteiger partial charge in [0.15, 0.2) is 0 Å². The smallest absolute Gasteiger partial charge is 0.226 e. The summed E-state index contributed by atoms with van der Waals surface area (Å²) in [6.07, 6.45) is 7.72. The quantitative estimate of drug-likeness (QED) is 0.912. The van der Waals surface area contributed by atoms with Crippen molar-refractivity contribution in [2.75, 3.05) is 12.3 Å². The average molecular weight is 354 g/mol. The number of likely N-dealkylation sites (tertiary alicyclic amines) is 1. The van der Waals surface area contributed by atoms with Crippen LogP contribution in [0, 0.1) is 11.7 Å². The Labute approximate surface area is 152 Å². The van der Waals surface area contributed by atoms with Crippen LogP contribution in [0.2, 0.25) is 0 Å². The number of halogens is 1. The van der Waals surface area contributed by atoms with Gasteiger partial charge < -0.3 is 10.6 Å². The molecule has 2 heterocycles. The molecule has 0 bridgehead atoms. The summed E-state index contributed by atoms with van der Waals surface area (Å²) >= 11 is 0. The zero-order chi connectivity index (χ0) is 18.1. The lowest BCUT2D eigenvalue weighted by Crippen LogP contribution is -2.44. The molecule has 6 heteroatoms. The van der Waals surface area contributed by atoms with Crippen molar-refractivity contribution in [2.45, 2.75) is 44.6 Å². The molecule has 2 N–H and O–H groups in total. The third kappa shape index (κ3) is 3.16. The van der Waals surface area contributed by atoms with Crippen molar-refractivity contribution < 1.29 is 9.18 Å². The van der Waals surface area contributed by atoms with E-state index in [0.29, 0.717) is 0 Å². The molecule has 1 amide bonds. The Hall–Kier alpha value is -2.50. The standard InChI is InChI=1S/C20H23FN4O/c21-15-9-7-13(8-10-15)16-12-23-20(22)24-18(16)17-6-1-2-11-25(17)19(26)14-4-3-5-14/h7-10,12,14,17H,1-6,11H2,(H2,22,23,24)/t17-/m0/s1. The number of anilines is 1. The first kappa shape index (κ1) is 16.9. The zero-order valence-electron chi connectivity index (χ0n) is 14.7. The molecule has 1 aromatic carbocycles. The summed E-state index contributed by atoms with van der Waals surface area (Å²) in [7, 11) is 0. The highest BCUT2D eigenvalue weighted by Crippen LogP contribution is 2.39. The number of benzene rings is 1. The maximum absolute atomic E-state index is 13.3. The molecule has 2 aliphatic rings. The van der Waals surface area contributed by atoms with Crippen molar-refractivity contribution in [1.82, 2.24) is 14.9 Å². The SMILES string of the molecule is Nc1ncc(-c2ccc(F)cc2)c([C@@H]2CCCCN2C(=O)C2CCC2)n1. The lowest BCUT2D eigenvalue weighted by molar-refractivity contribution is -0.142. The van der Waals surface area contributed by atoms with Crippen LogP contribution in [-0.4, -0.2) is 27.3 Å². The fraction of sp³-hybridized carbons (Fsp3) is 0.450. The first-order valence-corrected chi connectivity index (χ1v) is 9.32. The summed E-state index contributed by atoms with van der Waals surface area (Å²) < 4.78 is 13.3. The van der Waals surface area contributed by atoms with Gasteiger partial charge in [0.2, 0.25) is 11.9 Å².